The molecule has 0 amide bonds. The van der Waals surface area contributed by atoms with E-state index < -0.39 is 23.8 Å². The number of hydrogen-bond acceptors (Lipinski definition) is 3. The summed E-state index contributed by atoms with van der Waals surface area (Å²) < 4.78 is 5.90. The molecule has 2 N–H and O–H groups in total. The second-order valence-electron chi connectivity index (χ2n) is 4.96. The van der Waals surface area contributed by atoms with Gasteiger partial charge in [0.05, 0.1) is 0 Å². The van der Waals surface area contributed by atoms with Crippen molar-refractivity contribution in [3.63, 3.8) is 0 Å². The molecular weight excluding hydrogens is 199 g/mol. The van der Waals surface area contributed by atoms with Crippen molar-refractivity contribution < 1.29 is 14.2 Å². The Bertz CT molecular complexity index is 114. The highest BCUT2D eigenvalue weighted by atomic mass is 28.4. The maximum atomic E-state index is 7.61. The first kappa shape index (κ1) is 15.8. The Morgan fingerprint density at radius 2 is 1.00 bits per heavy atom. The minimum Gasteiger partial charge on any atom is -0.456 e. The van der Waals surface area contributed by atoms with Crippen LogP contribution in [0.2, 0.25) is 46.1 Å². The molecule has 0 atom stereocenters. The van der Waals surface area contributed by atoms with Crippen LogP contribution in [0.5, 0.6) is 0 Å². The van der Waals surface area contributed by atoms with Gasteiger partial charge in [0, 0.05) is 0 Å². The maximum absolute atomic E-state index is 7.61. The maximum Gasteiger partial charge on any atom is 0.448 e. The molecular formula is C7H23BO3Si2. The van der Waals surface area contributed by atoms with Gasteiger partial charge in [0.2, 0.25) is 0 Å². The fourth-order valence-corrected chi connectivity index (χ4v) is 8.27. The summed E-state index contributed by atoms with van der Waals surface area (Å²) in [5, 5.41) is 15.2. The second-order valence-corrected chi connectivity index (χ2v) is 14.2. The Labute approximate surface area is 84.5 Å². The van der Waals surface area contributed by atoms with Crippen LogP contribution in [0.25, 0.3) is 0 Å². The van der Waals surface area contributed by atoms with Gasteiger partial charge in [0.25, 0.3) is 0 Å². The van der Waals surface area contributed by atoms with Gasteiger partial charge in [-0.05, 0) is 46.1 Å². The largest absolute Gasteiger partial charge is 0.456 e. The van der Waals surface area contributed by atoms with E-state index in [0.29, 0.717) is 0 Å². The standard InChI is InChI=1S/C6H18OSi2.CH5BO2/c1-8(2,3)7-9(4,5)6;1-2(3)4/h1-6H3;3-4H,1H3. The van der Waals surface area contributed by atoms with Crippen LogP contribution >= 0.6 is 0 Å². The van der Waals surface area contributed by atoms with E-state index in [9.17, 15) is 0 Å². The zero-order chi connectivity index (χ0) is 11.3. The minimum atomic E-state index is -1.23. The summed E-state index contributed by atoms with van der Waals surface area (Å²) in [5.74, 6) is 0. The van der Waals surface area contributed by atoms with E-state index in [1.807, 2.05) is 0 Å². The summed E-state index contributed by atoms with van der Waals surface area (Å²) in [5.41, 5.74) is 0. The van der Waals surface area contributed by atoms with Gasteiger partial charge in [-0.1, -0.05) is 0 Å². The van der Waals surface area contributed by atoms with Crippen molar-refractivity contribution in [3.8, 4) is 0 Å². The summed E-state index contributed by atoms with van der Waals surface area (Å²) in [6.45, 7) is 14.7. The molecule has 6 heteroatoms. The van der Waals surface area contributed by atoms with Crippen molar-refractivity contribution >= 4 is 23.8 Å². The monoisotopic (exact) mass is 222 g/mol. The van der Waals surface area contributed by atoms with Crippen LogP contribution in [0.15, 0.2) is 0 Å². The van der Waals surface area contributed by atoms with E-state index in [0.717, 1.165) is 0 Å². The minimum absolute atomic E-state index is 1.17. The molecule has 0 rings (SSSR count). The zero-order valence-corrected chi connectivity index (χ0v) is 11.9. The Morgan fingerprint density at radius 1 is 0.846 bits per heavy atom. The van der Waals surface area contributed by atoms with E-state index in [-0.39, 0.29) is 0 Å². The van der Waals surface area contributed by atoms with Gasteiger partial charge < -0.3 is 14.2 Å². The van der Waals surface area contributed by atoms with Crippen molar-refractivity contribution in [1.82, 2.24) is 0 Å². The molecule has 80 valence electrons. The lowest BCUT2D eigenvalue weighted by atomic mass is 9.99. The highest BCUT2D eigenvalue weighted by Crippen LogP contribution is 2.12. The smallest absolute Gasteiger partial charge is 0.448 e. The molecule has 0 saturated carbocycles. The van der Waals surface area contributed by atoms with Gasteiger partial charge in [-0.3, -0.25) is 0 Å². The topological polar surface area (TPSA) is 49.7 Å². The van der Waals surface area contributed by atoms with Gasteiger partial charge in [0.1, 0.15) is 0 Å². The lowest BCUT2D eigenvalue weighted by Gasteiger charge is -2.27. The Kier molecular flexibility index (Phi) is 7.28. The molecule has 0 spiro atoms. The molecule has 0 aliphatic carbocycles. The van der Waals surface area contributed by atoms with E-state index in [4.69, 9.17) is 14.2 Å². The van der Waals surface area contributed by atoms with Gasteiger partial charge >= 0.3 is 7.12 Å². The summed E-state index contributed by atoms with van der Waals surface area (Å²) in [6.07, 6.45) is 0. The van der Waals surface area contributed by atoms with E-state index in [1.54, 1.807) is 0 Å². The predicted molar refractivity (Wildman–Crippen MR) is 63.8 cm³/mol. The predicted octanol–water partition coefficient (Wildman–Crippen LogP) is 1.76. The van der Waals surface area contributed by atoms with Gasteiger partial charge in [0.15, 0.2) is 16.6 Å². The first-order valence-electron chi connectivity index (χ1n) is 4.50. The molecule has 0 aromatic carbocycles. The third-order valence-electron chi connectivity index (χ3n) is 0.612. The van der Waals surface area contributed by atoms with Crippen LogP contribution in [-0.4, -0.2) is 33.8 Å². The summed E-state index contributed by atoms with van der Waals surface area (Å²) in [4.78, 5) is 0. The summed E-state index contributed by atoms with van der Waals surface area (Å²) >= 11 is 0. The molecule has 13 heavy (non-hydrogen) atoms. The first-order valence-corrected chi connectivity index (χ1v) is 11.3. The van der Waals surface area contributed by atoms with Crippen molar-refractivity contribution in [2.75, 3.05) is 0 Å². The molecule has 0 saturated heterocycles. The SMILES string of the molecule is CB(O)O.C[Si](C)(C)O[Si](C)(C)C. The normalized spacial score (nSPS) is 11.8. The molecule has 0 bridgehead atoms. The van der Waals surface area contributed by atoms with Crippen molar-refractivity contribution in [1.29, 1.82) is 0 Å². The second kappa shape index (κ2) is 5.97. The molecule has 0 aromatic heterocycles. The van der Waals surface area contributed by atoms with Crippen LogP contribution in [0.1, 0.15) is 0 Å². The fraction of sp³-hybridized carbons (Fsp3) is 1.00. The quantitative estimate of drug-likeness (QED) is 0.700. The fourth-order valence-electron chi connectivity index (χ4n) is 0.919. The van der Waals surface area contributed by atoms with E-state index in [2.05, 4.69) is 39.3 Å². The lowest BCUT2D eigenvalue weighted by molar-refractivity contribution is 0.417. The summed E-state index contributed by atoms with van der Waals surface area (Å²) in [6, 6.07) is 0. The summed E-state index contributed by atoms with van der Waals surface area (Å²) in [7, 11) is -3.63. The number of rotatable bonds is 2. The van der Waals surface area contributed by atoms with Gasteiger partial charge in [-0.25, -0.2) is 0 Å². The van der Waals surface area contributed by atoms with E-state index in [1.165, 1.54) is 6.82 Å². The van der Waals surface area contributed by atoms with Crippen LogP contribution < -0.4 is 0 Å². The van der Waals surface area contributed by atoms with Crippen LogP contribution in [-0.2, 0) is 4.12 Å². The van der Waals surface area contributed by atoms with E-state index >= 15 is 0 Å². The molecule has 0 unspecified atom stereocenters. The van der Waals surface area contributed by atoms with Crippen LogP contribution in [0, 0.1) is 0 Å². The molecule has 0 aromatic rings. The third kappa shape index (κ3) is 32.8. The van der Waals surface area contributed by atoms with Crippen LogP contribution in [0.4, 0.5) is 0 Å². The Balaban J connectivity index is 0. The lowest BCUT2D eigenvalue weighted by Crippen LogP contribution is -2.39. The molecule has 0 fully saturated rings. The highest BCUT2D eigenvalue weighted by molar-refractivity contribution is 6.83. The number of hydrogen-bond donors (Lipinski definition) is 2. The average molecular weight is 222 g/mol. The molecule has 0 aliphatic heterocycles. The average Bonchev–Trinajstić information content (AvgIpc) is 1.47. The third-order valence-corrected chi connectivity index (χ3v) is 5.51. The Morgan fingerprint density at radius 3 is 1.00 bits per heavy atom. The van der Waals surface area contributed by atoms with Gasteiger partial charge in [-0.15, -0.1) is 0 Å². The zero-order valence-electron chi connectivity index (χ0n) is 9.88. The first-order chi connectivity index (χ1) is 5.44. The van der Waals surface area contributed by atoms with Crippen LogP contribution in [0.3, 0.4) is 0 Å². The van der Waals surface area contributed by atoms with Gasteiger partial charge in [-0.2, -0.15) is 0 Å². The van der Waals surface area contributed by atoms with Crippen molar-refractivity contribution in [2.45, 2.75) is 46.1 Å². The molecule has 3 nitrogen and oxygen atoms in total. The highest BCUT2D eigenvalue weighted by Gasteiger charge is 2.24. The molecule has 0 radical (unpaired) electrons. The van der Waals surface area contributed by atoms with Crippen molar-refractivity contribution in [3.05, 3.63) is 0 Å². The Hall–Kier alpha value is 0.379. The van der Waals surface area contributed by atoms with Crippen molar-refractivity contribution in [2.24, 2.45) is 0 Å². The molecule has 0 heterocycles. The molecule has 0 aliphatic rings.